The van der Waals surface area contributed by atoms with Crippen LogP contribution in [-0.4, -0.2) is 36.1 Å². The average Bonchev–Trinajstić information content (AvgIpc) is 2.94. The molecule has 1 aliphatic carbocycles. The lowest BCUT2D eigenvalue weighted by Gasteiger charge is -2.41. The molecule has 124 valence electrons. The second kappa shape index (κ2) is 6.66. The number of para-hydroxylation sites is 1. The first kappa shape index (κ1) is 15.2. The Morgan fingerprint density at radius 3 is 2.57 bits per heavy atom. The fourth-order valence-electron chi connectivity index (χ4n) is 4.81. The molecule has 4 rings (SSSR count). The smallest absolute Gasteiger partial charge is 0.0459 e. The molecule has 1 saturated heterocycles. The summed E-state index contributed by atoms with van der Waals surface area (Å²) in [4.78, 5) is 6.40. The number of fused-ring (bicyclic) bond motifs is 1. The third-order valence-corrected chi connectivity index (χ3v) is 5.88. The molecule has 1 aliphatic heterocycles. The van der Waals surface area contributed by atoms with Crippen molar-refractivity contribution in [1.82, 2.24) is 15.2 Å². The fourth-order valence-corrected chi connectivity index (χ4v) is 4.81. The van der Waals surface area contributed by atoms with Crippen molar-refractivity contribution in [2.45, 2.75) is 45.1 Å². The molecule has 2 aromatic rings. The van der Waals surface area contributed by atoms with Gasteiger partial charge >= 0.3 is 0 Å². The van der Waals surface area contributed by atoms with Crippen molar-refractivity contribution >= 4 is 10.9 Å². The summed E-state index contributed by atoms with van der Waals surface area (Å²) in [6, 6.07) is 9.46. The van der Waals surface area contributed by atoms with Gasteiger partial charge in [0.05, 0.1) is 0 Å². The Morgan fingerprint density at radius 2 is 1.78 bits per heavy atom. The molecule has 2 fully saturated rings. The number of aromatic amines is 1. The van der Waals surface area contributed by atoms with Crippen LogP contribution in [0, 0.1) is 12.8 Å². The van der Waals surface area contributed by atoms with Gasteiger partial charge in [-0.15, -0.1) is 0 Å². The number of nitrogens with zero attached hydrogens (tertiary/aromatic N) is 1. The summed E-state index contributed by atoms with van der Waals surface area (Å²) in [6.07, 6.45) is 7.04. The third kappa shape index (κ3) is 2.92. The topological polar surface area (TPSA) is 31.1 Å². The summed E-state index contributed by atoms with van der Waals surface area (Å²) in [7, 11) is 0. The zero-order valence-electron chi connectivity index (χ0n) is 14.3. The number of aryl methyl sites for hydroxylation is 1. The van der Waals surface area contributed by atoms with E-state index in [1.807, 2.05) is 0 Å². The van der Waals surface area contributed by atoms with E-state index in [9.17, 15) is 0 Å². The molecule has 1 aromatic heterocycles. The summed E-state index contributed by atoms with van der Waals surface area (Å²) in [5, 5.41) is 4.96. The fraction of sp³-hybridized carbons (Fsp3) is 0.600. The average molecular weight is 311 g/mol. The molecule has 0 spiro atoms. The Morgan fingerprint density at radius 1 is 1.04 bits per heavy atom. The molecular weight excluding hydrogens is 282 g/mol. The molecule has 2 N–H and O–H groups in total. The number of nitrogens with one attached hydrogen (secondary N) is 2. The molecule has 2 heterocycles. The number of rotatable bonds is 3. The van der Waals surface area contributed by atoms with Crippen molar-refractivity contribution in [2.75, 3.05) is 26.2 Å². The van der Waals surface area contributed by atoms with Gasteiger partial charge in [-0.05, 0) is 37.3 Å². The number of aromatic nitrogens is 1. The van der Waals surface area contributed by atoms with Crippen LogP contribution in [0.25, 0.3) is 10.9 Å². The zero-order chi connectivity index (χ0) is 15.6. The van der Waals surface area contributed by atoms with Crippen molar-refractivity contribution < 1.29 is 0 Å². The molecule has 23 heavy (non-hydrogen) atoms. The Hall–Kier alpha value is -1.32. The monoisotopic (exact) mass is 311 g/mol. The quantitative estimate of drug-likeness (QED) is 0.897. The molecular formula is C20H29N3. The van der Waals surface area contributed by atoms with Gasteiger partial charge in [-0.25, -0.2) is 0 Å². The van der Waals surface area contributed by atoms with Crippen LogP contribution in [0.3, 0.4) is 0 Å². The van der Waals surface area contributed by atoms with Crippen LogP contribution >= 0.6 is 0 Å². The first-order valence-electron chi connectivity index (χ1n) is 9.36. The van der Waals surface area contributed by atoms with Crippen molar-refractivity contribution in [3.8, 4) is 0 Å². The predicted molar refractivity (Wildman–Crippen MR) is 96.8 cm³/mol. The number of piperazine rings is 1. The minimum Gasteiger partial charge on any atom is -0.358 e. The van der Waals surface area contributed by atoms with Crippen molar-refractivity contribution in [2.24, 2.45) is 5.92 Å². The van der Waals surface area contributed by atoms with E-state index < -0.39 is 0 Å². The lowest BCUT2D eigenvalue weighted by Crippen LogP contribution is -2.47. The molecule has 2 aliphatic rings. The molecule has 1 saturated carbocycles. The Bertz CT molecular complexity index is 630. The van der Waals surface area contributed by atoms with E-state index in [0.29, 0.717) is 6.04 Å². The Balaban J connectivity index is 1.77. The predicted octanol–water partition coefficient (Wildman–Crippen LogP) is 4.00. The molecule has 0 unspecified atom stereocenters. The number of H-pyrrole nitrogens is 1. The van der Waals surface area contributed by atoms with E-state index in [1.165, 1.54) is 61.8 Å². The maximum atomic E-state index is 3.64. The van der Waals surface area contributed by atoms with E-state index in [0.717, 1.165) is 19.0 Å². The van der Waals surface area contributed by atoms with Gasteiger partial charge < -0.3 is 10.3 Å². The van der Waals surface area contributed by atoms with E-state index in [1.54, 1.807) is 5.56 Å². The van der Waals surface area contributed by atoms with Gasteiger partial charge in [0.25, 0.3) is 0 Å². The van der Waals surface area contributed by atoms with Crippen LogP contribution in [0.1, 0.15) is 49.4 Å². The van der Waals surface area contributed by atoms with Gasteiger partial charge in [0.15, 0.2) is 0 Å². The minimum atomic E-state index is 0.591. The van der Waals surface area contributed by atoms with Crippen molar-refractivity contribution in [1.29, 1.82) is 0 Å². The molecule has 1 atom stereocenters. The van der Waals surface area contributed by atoms with Crippen LogP contribution in [0.4, 0.5) is 0 Å². The van der Waals surface area contributed by atoms with Gasteiger partial charge in [-0.2, -0.15) is 0 Å². The molecule has 3 heteroatoms. The summed E-state index contributed by atoms with van der Waals surface area (Å²) in [6.45, 7) is 6.89. The largest absolute Gasteiger partial charge is 0.358 e. The van der Waals surface area contributed by atoms with E-state index in [4.69, 9.17) is 0 Å². The lowest BCUT2D eigenvalue weighted by molar-refractivity contribution is 0.104. The van der Waals surface area contributed by atoms with Crippen LogP contribution in [0.5, 0.6) is 0 Å². The maximum absolute atomic E-state index is 3.64. The highest BCUT2D eigenvalue weighted by Crippen LogP contribution is 2.42. The molecule has 0 amide bonds. The minimum absolute atomic E-state index is 0.591. The number of hydrogen-bond acceptors (Lipinski definition) is 2. The molecule has 0 bridgehead atoms. The van der Waals surface area contributed by atoms with Gasteiger partial charge in [-0.1, -0.05) is 37.5 Å². The van der Waals surface area contributed by atoms with Crippen LogP contribution in [-0.2, 0) is 0 Å². The van der Waals surface area contributed by atoms with E-state index >= 15 is 0 Å². The second-order valence-corrected chi connectivity index (χ2v) is 7.34. The van der Waals surface area contributed by atoms with Crippen molar-refractivity contribution in [3.05, 3.63) is 35.5 Å². The Labute approximate surface area is 139 Å². The maximum Gasteiger partial charge on any atom is 0.0459 e. The van der Waals surface area contributed by atoms with Crippen molar-refractivity contribution in [3.63, 3.8) is 0 Å². The number of hydrogen-bond donors (Lipinski definition) is 2. The SMILES string of the molecule is Cc1[nH]c2ccccc2c1[C@@H](C1CCCCC1)N1CCNCC1. The summed E-state index contributed by atoms with van der Waals surface area (Å²) >= 11 is 0. The van der Waals surface area contributed by atoms with Gasteiger partial charge in [0.2, 0.25) is 0 Å². The van der Waals surface area contributed by atoms with E-state index in [-0.39, 0.29) is 0 Å². The lowest BCUT2D eigenvalue weighted by atomic mass is 9.79. The summed E-state index contributed by atoms with van der Waals surface area (Å²) in [5.41, 5.74) is 4.26. The highest BCUT2D eigenvalue weighted by atomic mass is 15.2. The Kier molecular flexibility index (Phi) is 4.41. The summed E-state index contributed by atoms with van der Waals surface area (Å²) in [5.74, 6) is 0.819. The van der Waals surface area contributed by atoms with Crippen LogP contribution in [0.2, 0.25) is 0 Å². The zero-order valence-corrected chi connectivity index (χ0v) is 14.3. The second-order valence-electron chi connectivity index (χ2n) is 7.34. The molecule has 3 nitrogen and oxygen atoms in total. The standard InChI is InChI=1S/C20H29N3/c1-15-19(17-9-5-6-10-18(17)22-15)20(16-7-3-2-4-8-16)23-13-11-21-12-14-23/h5-6,9-10,16,20-22H,2-4,7-8,11-14H2,1H3/t20-/m1/s1. The van der Waals surface area contributed by atoms with Gasteiger partial charge in [0, 0.05) is 48.8 Å². The van der Waals surface area contributed by atoms with E-state index in [2.05, 4.69) is 46.4 Å². The normalized spacial score (nSPS) is 22.5. The molecule has 0 radical (unpaired) electrons. The van der Waals surface area contributed by atoms with Crippen LogP contribution < -0.4 is 5.32 Å². The van der Waals surface area contributed by atoms with Gasteiger partial charge in [0.1, 0.15) is 0 Å². The summed E-state index contributed by atoms with van der Waals surface area (Å²) < 4.78 is 0. The first-order valence-corrected chi connectivity index (χ1v) is 9.36. The van der Waals surface area contributed by atoms with Crippen LogP contribution in [0.15, 0.2) is 24.3 Å². The first-order chi connectivity index (χ1) is 11.3. The highest BCUT2D eigenvalue weighted by Gasteiger charge is 2.33. The molecule has 1 aromatic carbocycles. The third-order valence-electron chi connectivity index (χ3n) is 5.88. The highest BCUT2D eigenvalue weighted by molar-refractivity contribution is 5.85. The number of benzene rings is 1. The van der Waals surface area contributed by atoms with Gasteiger partial charge in [-0.3, -0.25) is 4.90 Å².